The first kappa shape index (κ1) is 11.5. The van der Waals surface area contributed by atoms with E-state index in [-0.39, 0.29) is 12.6 Å². The minimum Gasteiger partial charge on any atom is -0.303 e. The molecule has 5 heteroatoms. The molecule has 0 N–H and O–H groups in total. The molecule has 0 saturated carbocycles. The van der Waals surface area contributed by atoms with Crippen molar-refractivity contribution in [1.29, 1.82) is 0 Å². The number of hydrogen-bond acceptors (Lipinski definition) is 2. The second-order valence-electron chi connectivity index (χ2n) is 3.60. The van der Waals surface area contributed by atoms with Crippen LogP contribution in [-0.4, -0.2) is 36.5 Å². The number of carbonyl (C=O) groups excluding carboxylic acids is 1. The fourth-order valence-electron chi connectivity index (χ4n) is 1.84. The summed E-state index contributed by atoms with van der Waals surface area (Å²) in [5.41, 5.74) is 0. The molecule has 1 aliphatic heterocycles. The van der Waals surface area contributed by atoms with Crippen LogP contribution in [0.15, 0.2) is 0 Å². The molecule has 1 aliphatic rings. The quantitative estimate of drug-likeness (QED) is 0.660. The summed E-state index contributed by atoms with van der Waals surface area (Å²) < 4.78 is 35.8. The fourth-order valence-corrected chi connectivity index (χ4v) is 1.84. The van der Waals surface area contributed by atoms with Crippen LogP contribution < -0.4 is 0 Å². The Morgan fingerprint density at radius 3 is 2.71 bits per heavy atom. The topological polar surface area (TPSA) is 20.3 Å². The van der Waals surface area contributed by atoms with E-state index in [2.05, 4.69) is 0 Å². The van der Waals surface area contributed by atoms with Crippen LogP contribution in [0.4, 0.5) is 13.2 Å². The van der Waals surface area contributed by atoms with Gasteiger partial charge in [-0.1, -0.05) is 0 Å². The molecule has 0 aromatic heterocycles. The van der Waals surface area contributed by atoms with Crippen molar-refractivity contribution >= 4 is 6.29 Å². The smallest absolute Gasteiger partial charge is 0.303 e. The molecule has 0 amide bonds. The molecule has 0 aromatic rings. The van der Waals surface area contributed by atoms with E-state index < -0.39 is 12.6 Å². The van der Waals surface area contributed by atoms with Crippen LogP contribution in [0.1, 0.15) is 25.7 Å². The Morgan fingerprint density at radius 2 is 2.14 bits per heavy atom. The Balaban J connectivity index is 2.32. The number of alkyl halides is 3. The Labute approximate surface area is 81.1 Å². The maximum Gasteiger partial charge on any atom is 0.390 e. The van der Waals surface area contributed by atoms with Gasteiger partial charge in [-0.2, -0.15) is 13.2 Å². The Hall–Kier alpha value is -0.580. The lowest BCUT2D eigenvalue weighted by Gasteiger charge is -2.23. The molecule has 1 atom stereocenters. The number of likely N-dealkylation sites (tertiary alicyclic amines) is 1. The second kappa shape index (κ2) is 4.77. The van der Waals surface area contributed by atoms with Crippen molar-refractivity contribution < 1.29 is 18.0 Å². The third kappa shape index (κ3) is 3.65. The molecule has 14 heavy (non-hydrogen) atoms. The molecule has 0 aliphatic carbocycles. The number of rotatable bonds is 4. The van der Waals surface area contributed by atoms with E-state index in [1.54, 1.807) is 4.90 Å². The van der Waals surface area contributed by atoms with Crippen LogP contribution in [0.3, 0.4) is 0 Å². The highest BCUT2D eigenvalue weighted by molar-refractivity contribution is 5.50. The first-order chi connectivity index (χ1) is 6.53. The minimum atomic E-state index is -4.09. The second-order valence-corrected chi connectivity index (χ2v) is 3.60. The summed E-state index contributed by atoms with van der Waals surface area (Å²) in [5, 5.41) is 0. The van der Waals surface area contributed by atoms with Gasteiger partial charge in [0.2, 0.25) is 0 Å². The first-order valence-corrected chi connectivity index (χ1v) is 4.77. The lowest BCUT2D eigenvalue weighted by Crippen LogP contribution is -2.32. The predicted octanol–water partition coefficient (Wildman–Crippen LogP) is 1.99. The third-order valence-corrected chi connectivity index (χ3v) is 2.55. The molecule has 0 aromatic carbocycles. The standard InChI is InChI=1S/C9H14F3NO/c10-9(11,12)4-6-13-5-1-2-8(13)3-7-14/h7-8H,1-6H2. The summed E-state index contributed by atoms with van der Waals surface area (Å²) >= 11 is 0. The molecule has 0 bridgehead atoms. The zero-order valence-corrected chi connectivity index (χ0v) is 7.89. The van der Waals surface area contributed by atoms with Gasteiger partial charge in [0.15, 0.2) is 0 Å². The molecule has 1 saturated heterocycles. The largest absolute Gasteiger partial charge is 0.390 e. The van der Waals surface area contributed by atoms with E-state index in [1.165, 1.54) is 0 Å². The Bertz CT molecular complexity index is 193. The summed E-state index contributed by atoms with van der Waals surface area (Å²) in [6.45, 7) is 0.719. The summed E-state index contributed by atoms with van der Waals surface area (Å²) in [6, 6.07) is 0.0369. The summed E-state index contributed by atoms with van der Waals surface area (Å²) in [4.78, 5) is 12.0. The number of nitrogens with zero attached hydrogens (tertiary/aromatic N) is 1. The van der Waals surface area contributed by atoms with Crippen LogP contribution in [0.25, 0.3) is 0 Å². The van der Waals surface area contributed by atoms with Crippen LogP contribution >= 0.6 is 0 Å². The van der Waals surface area contributed by atoms with Crippen molar-refractivity contribution in [2.24, 2.45) is 0 Å². The first-order valence-electron chi connectivity index (χ1n) is 4.77. The number of hydrogen-bond donors (Lipinski definition) is 0. The van der Waals surface area contributed by atoms with Crippen molar-refractivity contribution in [2.45, 2.75) is 37.9 Å². The van der Waals surface area contributed by atoms with Gasteiger partial charge in [0.1, 0.15) is 6.29 Å². The summed E-state index contributed by atoms with van der Waals surface area (Å²) in [6.07, 6.45) is -1.97. The lowest BCUT2D eigenvalue weighted by atomic mass is 10.1. The third-order valence-electron chi connectivity index (χ3n) is 2.55. The van der Waals surface area contributed by atoms with E-state index in [4.69, 9.17) is 0 Å². The summed E-state index contributed by atoms with van der Waals surface area (Å²) in [7, 11) is 0. The lowest BCUT2D eigenvalue weighted by molar-refractivity contribution is -0.138. The molecule has 82 valence electrons. The SMILES string of the molecule is O=CCC1CCCN1CCC(F)(F)F. The molecular weight excluding hydrogens is 195 g/mol. The molecule has 1 rings (SSSR count). The van der Waals surface area contributed by atoms with E-state index in [1.807, 2.05) is 0 Å². The highest BCUT2D eigenvalue weighted by Gasteiger charge is 2.31. The van der Waals surface area contributed by atoms with E-state index >= 15 is 0 Å². The predicted molar refractivity (Wildman–Crippen MR) is 45.9 cm³/mol. The molecule has 1 unspecified atom stereocenters. The van der Waals surface area contributed by atoms with Crippen LogP contribution in [0.5, 0.6) is 0 Å². The van der Waals surface area contributed by atoms with Crippen LogP contribution in [0.2, 0.25) is 0 Å². The van der Waals surface area contributed by atoms with Crippen LogP contribution in [-0.2, 0) is 4.79 Å². The number of aldehydes is 1. The molecule has 1 fully saturated rings. The van der Waals surface area contributed by atoms with Gasteiger partial charge >= 0.3 is 6.18 Å². The zero-order chi connectivity index (χ0) is 10.6. The highest BCUT2D eigenvalue weighted by atomic mass is 19.4. The van der Waals surface area contributed by atoms with Crippen molar-refractivity contribution in [3.63, 3.8) is 0 Å². The average molecular weight is 209 g/mol. The van der Waals surface area contributed by atoms with Crippen molar-refractivity contribution in [1.82, 2.24) is 4.90 Å². The highest BCUT2D eigenvalue weighted by Crippen LogP contribution is 2.24. The van der Waals surface area contributed by atoms with Gasteiger partial charge in [0, 0.05) is 19.0 Å². The molecule has 0 radical (unpaired) electrons. The van der Waals surface area contributed by atoms with E-state index in [0.717, 1.165) is 19.1 Å². The molecule has 0 spiro atoms. The van der Waals surface area contributed by atoms with Gasteiger partial charge in [0.25, 0.3) is 0 Å². The van der Waals surface area contributed by atoms with E-state index in [9.17, 15) is 18.0 Å². The van der Waals surface area contributed by atoms with Crippen molar-refractivity contribution in [3.05, 3.63) is 0 Å². The maximum absolute atomic E-state index is 11.9. The molecule has 1 heterocycles. The van der Waals surface area contributed by atoms with Gasteiger partial charge in [-0.3, -0.25) is 4.90 Å². The Morgan fingerprint density at radius 1 is 1.43 bits per heavy atom. The molecular formula is C9H14F3NO. The monoisotopic (exact) mass is 209 g/mol. The van der Waals surface area contributed by atoms with Gasteiger partial charge < -0.3 is 4.79 Å². The van der Waals surface area contributed by atoms with Gasteiger partial charge in [-0.15, -0.1) is 0 Å². The van der Waals surface area contributed by atoms with E-state index in [0.29, 0.717) is 13.0 Å². The minimum absolute atomic E-state index is 0.0298. The number of carbonyl (C=O) groups is 1. The average Bonchev–Trinajstić information content (AvgIpc) is 2.48. The normalized spacial score (nSPS) is 24.1. The number of halogens is 3. The van der Waals surface area contributed by atoms with Gasteiger partial charge in [0.05, 0.1) is 6.42 Å². The maximum atomic E-state index is 11.9. The van der Waals surface area contributed by atoms with Crippen molar-refractivity contribution in [2.75, 3.05) is 13.1 Å². The Kier molecular flexibility index (Phi) is 3.92. The molecule has 2 nitrogen and oxygen atoms in total. The summed E-state index contributed by atoms with van der Waals surface area (Å²) in [5.74, 6) is 0. The van der Waals surface area contributed by atoms with Crippen molar-refractivity contribution in [3.8, 4) is 0 Å². The van der Waals surface area contributed by atoms with Gasteiger partial charge in [-0.25, -0.2) is 0 Å². The fraction of sp³-hybridized carbons (Fsp3) is 0.889. The van der Waals surface area contributed by atoms with Gasteiger partial charge in [-0.05, 0) is 19.4 Å². The zero-order valence-electron chi connectivity index (χ0n) is 7.89. The van der Waals surface area contributed by atoms with Crippen LogP contribution in [0, 0.1) is 0 Å².